The molecule has 2 aliphatic carbocycles. The molecule has 1 nitrogen and oxygen atoms in total. The Morgan fingerprint density at radius 3 is 1.72 bits per heavy atom. The molecule has 8 aromatic rings. The third-order valence-electron chi connectivity index (χ3n) is 10.6. The molecule has 1 heterocycles. The summed E-state index contributed by atoms with van der Waals surface area (Å²) in [5.41, 5.74) is 15.2. The smallest absolute Gasteiger partial charge is 0.135 e. The summed E-state index contributed by atoms with van der Waals surface area (Å²) in [5.74, 6) is 1.83. The molecule has 0 N–H and O–H groups in total. The molecule has 1 atom stereocenters. The molecule has 11 rings (SSSR count). The zero-order valence-electron chi connectivity index (χ0n) is 24.9. The van der Waals surface area contributed by atoms with Gasteiger partial charge in [-0.2, -0.15) is 0 Å². The fourth-order valence-corrected chi connectivity index (χ4v) is 8.85. The van der Waals surface area contributed by atoms with Crippen LogP contribution in [0.15, 0.2) is 158 Å². The largest absolute Gasteiger partial charge is 0.456 e. The van der Waals surface area contributed by atoms with Gasteiger partial charge >= 0.3 is 0 Å². The Morgan fingerprint density at radius 1 is 0.348 bits per heavy atom. The molecular weight excluding hydrogens is 556 g/mol. The minimum atomic E-state index is -0.371. The second kappa shape index (κ2) is 8.62. The minimum Gasteiger partial charge on any atom is -0.456 e. The summed E-state index contributed by atoms with van der Waals surface area (Å²) >= 11 is 0. The van der Waals surface area contributed by atoms with Gasteiger partial charge in [-0.3, -0.25) is 0 Å². The molecular formula is C45H26O. The number of ether oxygens (including phenoxy) is 1. The highest BCUT2D eigenvalue weighted by Gasteiger charge is 2.51. The Hall–Kier alpha value is -5.92. The highest BCUT2D eigenvalue weighted by molar-refractivity contribution is 6.08. The van der Waals surface area contributed by atoms with E-state index in [4.69, 9.17) is 4.74 Å². The average molecular weight is 583 g/mol. The van der Waals surface area contributed by atoms with E-state index >= 15 is 0 Å². The quantitative estimate of drug-likeness (QED) is 0.187. The van der Waals surface area contributed by atoms with Crippen molar-refractivity contribution in [3.8, 4) is 56.0 Å². The van der Waals surface area contributed by atoms with Crippen molar-refractivity contribution >= 4 is 21.5 Å². The van der Waals surface area contributed by atoms with Gasteiger partial charge in [0.2, 0.25) is 0 Å². The Labute approximate surface area is 267 Å². The van der Waals surface area contributed by atoms with Crippen LogP contribution in [0.5, 0.6) is 11.5 Å². The zero-order valence-corrected chi connectivity index (χ0v) is 24.9. The predicted octanol–water partition coefficient (Wildman–Crippen LogP) is 11.8. The van der Waals surface area contributed by atoms with Gasteiger partial charge in [0, 0.05) is 10.9 Å². The first kappa shape index (κ1) is 24.4. The molecule has 0 fully saturated rings. The Morgan fingerprint density at radius 2 is 0.913 bits per heavy atom. The lowest BCUT2D eigenvalue weighted by Crippen LogP contribution is -2.25. The van der Waals surface area contributed by atoms with Gasteiger partial charge in [-0.05, 0) is 108 Å². The highest BCUT2D eigenvalue weighted by atomic mass is 16.5. The number of rotatable bonds is 1. The maximum Gasteiger partial charge on any atom is 0.135 e. The summed E-state index contributed by atoms with van der Waals surface area (Å²) in [6.07, 6.45) is 0. The van der Waals surface area contributed by atoms with E-state index in [1.54, 1.807) is 0 Å². The molecule has 212 valence electrons. The summed E-state index contributed by atoms with van der Waals surface area (Å²) in [4.78, 5) is 0. The van der Waals surface area contributed by atoms with Gasteiger partial charge < -0.3 is 4.74 Å². The van der Waals surface area contributed by atoms with E-state index in [1.165, 1.54) is 82.7 Å². The normalized spacial score (nSPS) is 16.1. The van der Waals surface area contributed by atoms with Crippen molar-refractivity contribution in [2.24, 2.45) is 0 Å². The molecule has 1 unspecified atom stereocenters. The van der Waals surface area contributed by atoms with Crippen LogP contribution in [0.4, 0.5) is 0 Å². The number of hydrogen-bond donors (Lipinski definition) is 0. The summed E-state index contributed by atoms with van der Waals surface area (Å²) in [7, 11) is 0. The third-order valence-corrected chi connectivity index (χ3v) is 10.6. The lowest BCUT2D eigenvalue weighted by atomic mass is 9.70. The molecule has 46 heavy (non-hydrogen) atoms. The minimum absolute atomic E-state index is 0.371. The van der Waals surface area contributed by atoms with Crippen LogP contribution in [-0.4, -0.2) is 0 Å². The molecule has 1 spiro atoms. The van der Waals surface area contributed by atoms with E-state index in [-0.39, 0.29) is 5.41 Å². The number of benzene rings is 8. The van der Waals surface area contributed by atoms with E-state index in [9.17, 15) is 0 Å². The molecule has 0 radical (unpaired) electrons. The van der Waals surface area contributed by atoms with Crippen LogP contribution in [-0.2, 0) is 5.41 Å². The third kappa shape index (κ3) is 2.91. The van der Waals surface area contributed by atoms with E-state index in [2.05, 4.69) is 158 Å². The summed E-state index contributed by atoms with van der Waals surface area (Å²) in [6, 6.07) is 58.3. The highest BCUT2D eigenvalue weighted by Crippen LogP contribution is 2.63. The van der Waals surface area contributed by atoms with Crippen LogP contribution in [0.1, 0.15) is 22.3 Å². The number of fused-ring (bicyclic) bond motifs is 13. The lowest BCUT2D eigenvalue weighted by Gasteiger charge is -2.30. The fraction of sp³-hybridized carbons (Fsp3) is 0.0222. The maximum absolute atomic E-state index is 6.55. The van der Waals surface area contributed by atoms with Crippen molar-refractivity contribution in [2.45, 2.75) is 5.41 Å². The summed E-state index contributed by atoms with van der Waals surface area (Å²) < 4.78 is 6.55. The lowest BCUT2D eigenvalue weighted by molar-refractivity contribution is 0.487. The second-order valence-electron chi connectivity index (χ2n) is 12.8. The molecule has 3 aliphatic rings. The summed E-state index contributed by atoms with van der Waals surface area (Å²) in [6.45, 7) is 0. The monoisotopic (exact) mass is 582 g/mol. The van der Waals surface area contributed by atoms with Gasteiger partial charge in [0.15, 0.2) is 0 Å². The van der Waals surface area contributed by atoms with Crippen LogP contribution in [0.25, 0.3) is 66.1 Å². The average Bonchev–Trinajstić information content (AvgIpc) is 3.57. The first-order valence-electron chi connectivity index (χ1n) is 16.0. The first-order chi connectivity index (χ1) is 22.8. The second-order valence-corrected chi connectivity index (χ2v) is 12.8. The maximum atomic E-state index is 6.55. The van der Waals surface area contributed by atoms with Crippen LogP contribution in [0.3, 0.4) is 0 Å². The fourth-order valence-electron chi connectivity index (χ4n) is 8.85. The van der Waals surface area contributed by atoms with Crippen molar-refractivity contribution in [2.75, 3.05) is 0 Å². The molecule has 0 saturated heterocycles. The van der Waals surface area contributed by atoms with Gasteiger partial charge in [0.25, 0.3) is 0 Å². The van der Waals surface area contributed by atoms with E-state index in [0.29, 0.717) is 0 Å². The molecule has 0 saturated carbocycles. The van der Waals surface area contributed by atoms with Crippen molar-refractivity contribution in [1.29, 1.82) is 0 Å². The van der Waals surface area contributed by atoms with Crippen LogP contribution >= 0.6 is 0 Å². The van der Waals surface area contributed by atoms with Gasteiger partial charge in [0.1, 0.15) is 11.5 Å². The van der Waals surface area contributed by atoms with Crippen LogP contribution in [0.2, 0.25) is 0 Å². The van der Waals surface area contributed by atoms with Gasteiger partial charge in [-0.1, -0.05) is 127 Å². The molecule has 0 aromatic heterocycles. The van der Waals surface area contributed by atoms with Crippen LogP contribution in [0, 0.1) is 0 Å². The Kier molecular flexibility index (Phi) is 4.57. The molecule has 1 aliphatic heterocycles. The van der Waals surface area contributed by atoms with Gasteiger partial charge in [0.05, 0.1) is 5.41 Å². The molecule has 0 amide bonds. The molecule has 8 aromatic carbocycles. The topological polar surface area (TPSA) is 9.23 Å². The van der Waals surface area contributed by atoms with Gasteiger partial charge in [-0.15, -0.1) is 0 Å². The Balaban J connectivity index is 1.20. The first-order valence-corrected chi connectivity index (χ1v) is 16.0. The predicted molar refractivity (Wildman–Crippen MR) is 189 cm³/mol. The van der Waals surface area contributed by atoms with Crippen LogP contribution < -0.4 is 4.74 Å². The summed E-state index contributed by atoms with van der Waals surface area (Å²) in [5, 5.41) is 4.94. The van der Waals surface area contributed by atoms with Crippen molar-refractivity contribution in [1.82, 2.24) is 0 Å². The Bertz CT molecular complexity index is 2620. The van der Waals surface area contributed by atoms with Gasteiger partial charge in [-0.25, -0.2) is 0 Å². The van der Waals surface area contributed by atoms with E-state index in [0.717, 1.165) is 17.1 Å². The zero-order chi connectivity index (χ0) is 30.0. The SMILES string of the molecule is c1ccc2c(c1)-c1cc(-c3cccc4c3-c3cccc5cccc(c35)O4)ccc1C21c2ccccc2-c2cc3ccccc3cc21. The molecule has 1 heteroatoms. The van der Waals surface area contributed by atoms with E-state index in [1.807, 2.05) is 0 Å². The van der Waals surface area contributed by atoms with Crippen molar-refractivity contribution < 1.29 is 4.74 Å². The van der Waals surface area contributed by atoms with E-state index < -0.39 is 0 Å². The van der Waals surface area contributed by atoms with Crippen molar-refractivity contribution in [3.05, 3.63) is 180 Å². The van der Waals surface area contributed by atoms with Crippen molar-refractivity contribution in [3.63, 3.8) is 0 Å². The standard InChI is InChI=1S/C45H26O/c1-2-11-29-26-40-36(24-28(29)10-1)33-15-4-6-19-38(33)45(40)37-18-5-3-14-32(37)35-25-30(22-23-39(35)45)31-16-9-21-42-44(31)34-17-7-12-27-13-8-20-41(46-42)43(27)34/h1-26H. The number of hydrogen-bond acceptors (Lipinski definition) is 1. The molecule has 0 bridgehead atoms.